The molecule has 1 aromatic carbocycles. The van der Waals surface area contributed by atoms with E-state index >= 15 is 0 Å². The van der Waals surface area contributed by atoms with E-state index in [1.807, 2.05) is 0 Å². The molecule has 0 aliphatic heterocycles. The van der Waals surface area contributed by atoms with Crippen LogP contribution in [0.25, 0.3) is 5.65 Å². The SMILES string of the molecule is Fc1ccc(Nc2ccc3nnnn3n2)cc1Cl. The molecule has 0 bridgehead atoms. The Morgan fingerprint density at radius 3 is 2.94 bits per heavy atom. The first-order valence-corrected chi connectivity index (χ1v) is 5.38. The molecule has 0 unspecified atom stereocenters. The quantitative estimate of drug-likeness (QED) is 0.767. The lowest BCUT2D eigenvalue weighted by Crippen LogP contribution is -2.00. The first-order chi connectivity index (χ1) is 8.72. The summed E-state index contributed by atoms with van der Waals surface area (Å²) < 4.78 is 14.3. The predicted octanol–water partition coefficient (Wildman–Crippen LogP) is 2.06. The smallest absolute Gasteiger partial charge is 0.200 e. The molecular formula is C10H6ClFN6. The van der Waals surface area contributed by atoms with Crippen LogP contribution in [0.3, 0.4) is 0 Å². The monoisotopic (exact) mass is 264 g/mol. The molecule has 1 N–H and O–H groups in total. The minimum atomic E-state index is -0.467. The Morgan fingerprint density at radius 1 is 1.22 bits per heavy atom. The molecule has 0 saturated carbocycles. The average molecular weight is 265 g/mol. The molecule has 0 saturated heterocycles. The molecule has 0 atom stereocenters. The van der Waals surface area contributed by atoms with Gasteiger partial charge in [-0.2, -0.15) is 0 Å². The summed E-state index contributed by atoms with van der Waals surface area (Å²) in [6, 6.07) is 7.73. The number of hydrogen-bond donors (Lipinski definition) is 1. The van der Waals surface area contributed by atoms with Crippen LogP contribution in [-0.4, -0.2) is 25.3 Å². The third kappa shape index (κ3) is 1.95. The van der Waals surface area contributed by atoms with Gasteiger partial charge in [-0.05, 0) is 40.8 Å². The van der Waals surface area contributed by atoms with E-state index in [2.05, 4.69) is 25.9 Å². The number of anilines is 2. The fourth-order valence-corrected chi connectivity index (χ4v) is 1.62. The van der Waals surface area contributed by atoms with Gasteiger partial charge in [-0.3, -0.25) is 0 Å². The number of rotatable bonds is 2. The highest BCUT2D eigenvalue weighted by molar-refractivity contribution is 6.31. The van der Waals surface area contributed by atoms with Gasteiger partial charge in [0.1, 0.15) is 5.82 Å². The van der Waals surface area contributed by atoms with Crippen molar-refractivity contribution >= 4 is 28.8 Å². The van der Waals surface area contributed by atoms with Crippen molar-refractivity contribution in [2.24, 2.45) is 0 Å². The van der Waals surface area contributed by atoms with Crippen molar-refractivity contribution in [2.45, 2.75) is 0 Å². The van der Waals surface area contributed by atoms with E-state index in [4.69, 9.17) is 11.6 Å². The molecule has 0 fully saturated rings. The molecule has 0 radical (unpaired) electrons. The molecule has 0 spiro atoms. The Kier molecular flexibility index (Phi) is 2.52. The standard InChI is InChI=1S/C10H6ClFN6/c11-7-5-6(1-2-8(7)12)13-9-3-4-10-14-16-17-18(10)15-9/h1-5H,(H,13,15). The van der Waals surface area contributed by atoms with Crippen LogP contribution < -0.4 is 5.32 Å². The number of nitrogens with one attached hydrogen (secondary N) is 1. The molecule has 3 rings (SSSR count). The summed E-state index contributed by atoms with van der Waals surface area (Å²) in [7, 11) is 0. The van der Waals surface area contributed by atoms with E-state index < -0.39 is 5.82 Å². The topological polar surface area (TPSA) is 68.0 Å². The Labute approximate surface area is 105 Å². The summed E-state index contributed by atoms with van der Waals surface area (Å²) in [6.07, 6.45) is 0. The first kappa shape index (κ1) is 10.8. The molecule has 18 heavy (non-hydrogen) atoms. The Bertz CT molecular complexity index is 712. The van der Waals surface area contributed by atoms with Gasteiger partial charge in [0, 0.05) is 5.69 Å². The third-order valence-electron chi connectivity index (χ3n) is 2.26. The summed E-state index contributed by atoms with van der Waals surface area (Å²) in [5.74, 6) is 0.0589. The zero-order valence-corrected chi connectivity index (χ0v) is 9.63. The summed E-state index contributed by atoms with van der Waals surface area (Å²) in [6.45, 7) is 0. The second-order valence-electron chi connectivity index (χ2n) is 3.50. The second-order valence-corrected chi connectivity index (χ2v) is 3.91. The maximum absolute atomic E-state index is 13.0. The van der Waals surface area contributed by atoms with Gasteiger partial charge in [-0.15, -0.1) is 14.8 Å². The second kappa shape index (κ2) is 4.19. The maximum Gasteiger partial charge on any atom is 0.200 e. The van der Waals surface area contributed by atoms with Crippen LogP contribution in [0.4, 0.5) is 15.9 Å². The van der Waals surface area contributed by atoms with Gasteiger partial charge in [-0.25, -0.2) is 4.39 Å². The zero-order chi connectivity index (χ0) is 12.5. The zero-order valence-electron chi connectivity index (χ0n) is 8.88. The Balaban J connectivity index is 1.92. The molecule has 2 aromatic heterocycles. The van der Waals surface area contributed by atoms with Gasteiger partial charge in [0.15, 0.2) is 11.5 Å². The fourth-order valence-electron chi connectivity index (χ4n) is 1.44. The molecule has 6 nitrogen and oxygen atoms in total. The number of nitrogens with zero attached hydrogens (tertiary/aromatic N) is 5. The number of hydrogen-bond acceptors (Lipinski definition) is 5. The molecule has 0 amide bonds. The van der Waals surface area contributed by atoms with Crippen molar-refractivity contribution in [2.75, 3.05) is 5.32 Å². The van der Waals surface area contributed by atoms with Crippen molar-refractivity contribution in [3.63, 3.8) is 0 Å². The van der Waals surface area contributed by atoms with Crippen molar-refractivity contribution in [1.29, 1.82) is 0 Å². The average Bonchev–Trinajstić information content (AvgIpc) is 2.81. The molecule has 8 heteroatoms. The van der Waals surface area contributed by atoms with E-state index in [9.17, 15) is 4.39 Å². The lowest BCUT2D eigenvalue weighted by molar-refractivity contribution is 0.628. The van der Waals surface area contributed by atoms with Crippen molar-refractivity contribution in [1.82, 2.24) is 25.3 Å². The van der Waals surface area contributed by atoms with Crippen LogP contribution in [0.5, 0.6) is 0 Å². The van der Waals surface area contributed by atoms with E-state index in [1.54, 1.807) is 18.2 Å². The van der Waals surface area contributed by atoms with Gasteiger partial charge < -0.3 is 5.32 Å². The Hall–Kier alpha value is -2.28. The minimum Gasteiger partial charge on any atom is -0.339 e. The highest BCUT2D eigenvalue weighted by Gasteiger charge is 2.03. The van der Waals surface area contributed by atoms with Crippen LogP contribution in [0.15, 0.2) is 30.3 Å². The van der Waals surface area contributed by atoms with Crippen LogP contribution in [0.2, 0.25) is 5.02 Å². The van der Waals surface area contributed by atoms with E-state index in [-0.39, 0.29) is 5.02 Å². The number of tetrazole rings is 1. The van der Waals surface area contributed by atoms with Crippen LogP contribution >= 0.6 is 11.6 Å². The fraction of sp³-hybridized carbons (Fsp3) is 0. The van der Waals surface area contributed by atoms with Crippen LogP contribution in [0, 0.1) is 5.82 Å². The predicted molar refractivity (Wildman–Crippen MR) is 63.3 cm³/mol. The minimum absolute atomic E-state index is 0.0449. The molecule has 3 aromatic rings. The van der Waals surface area contributed by atoms with Gasteiger partial charge in [-0.1, -0.05) is 11.6 Å². The highest BCUT2D eigenvalue weighted by atomic mass is 35.5. The number of fused-ring (bicyclic) bond motifs is 1. The summed E-state index contributed by atoms with van der Waals surface area (Å²) >= 11 is 5.68. The van der Waals surface area contributed by atoms with Crippen molar-refractivity contribution < 1.29 is 4.39 Å². The lowest BCUT2D eigenvalue weighted by Gasteiger charge is -2.05. The number of benzene rings is 1. The van der Waals surface area contributed by atoms with Gasteiger partial charge in [0.2, 0.25) is 0 Å². The van der Waals surface area contributed by atoms with Crippen molar-refractivity contribution in [3.05, 3.63) is 41.2 Å². The lowest BCUT2D eigenvalue weighted by atomic mass is 10.3. The van der Waals surface area contributed by atoms with E-state index in [0.29, 0.717) is 17.2 Å². The number of halogens is 2. The molecule has 90 valence electrons. The van der Waals surface area contributed by atoms with Crippen LogP contribution in [-0.2, 0) is 0 Å². The summed E-state index contributed by atoms with van der Waals surface area (Å²) in [4.78, 5) is 0. The van der Waals surface area contributed by atoms with Gasteiger partial charge >= 0.3 is 0 Å². The summed E-state index contributed by atoms with van der Waals surface area (Å²) in [5.41, 5.74) is 1.17. The Morgan fingerprint density at radius 2 is 2.11 bits per heavy atom. The van der Waals surface area contributed by atoms with Gasteiger partial charge in [0.05, 0.1) is 5.02 Å². The largest absolute Gasteiger partial charge is 0.339 e. The third-order valence-corrected chi connectivity index (χ3v) is 2.55. The normalized spacial score (nSPS) is 10.8. The highest BCUT2D eigenvalue weighted by Crippen LogP contribution is 2.21. The molecule has 0 aliphatic rings. The van der Waals surface area contributed by atoms with Gasteiger partial charge in [0.25, 0.3) is 0 Å². The van der Waals surface area contributed by atoms with E-state index in [1.165, 1.54) is 16.8 Å². The van der Waals surface area contributed by atoms with E-state index in [0.717, 1.165) is 0 Å². The molecule has 2 heterocycles. The molecule has 0 aliphatic carbocycles. The first-order valence-electron chi connectivity index (χ1n) is 5.00. The number of aromatic nitrogens is 5. The van der Waals surface area contributed by atoms with Crippen molar-refractivity contribution in [3.8, 4) is 0 Å². The van der Waals surface area contributed by atoms with Crippen LogP contribution in [0.1, 0.15) is 0 Å². The molecular weight excluding hydrogens is 259 g/mol. The summed E-state index contributed by atoms with van der Waals surface area (Å²) in [5, 5.41) is 18.0. The maximum atomic E-state index is 13.0.